The van der Waals surface area contributed by atoms with Crippen molar-refractivity contribution in [1.82, 2.24) is 0 Å². The molecule has 0 spiro atoms. The molecule has 3 rings (SSSR count). The van der Waals surface area contributed by atoms with Crippen LogP contribution >= 0.6 is 11.8 Å². The van der Waals surface area contributed by atoms with Crippen LogP contribution in [0.5, 0.6) is 0 Å². The molecule has 122 valence electrons. The van der Waals surface area contributed by atoms with Crippen molar-refractivity contribution in [3.63, 3.8) is 0 Å². The predicted octanol–water partition coefficient (Wildman–Crippen LogP) is 4.66. The third-order valence-corrected chi connectivity index (χ3v) is 7.53. The smallest absolute Gasteiger partial charge is 0.0585 e. The van der Waals surface area contributed by atoms with E-state index in [0.717, 1.165) is 35.5 Å². The quantitative estimate of drug-likeness (QED) is 0.665. The van der Waals surface area contributed by atoms with Crippen molar-refractivity contribution in [2.75, 3.05) is 13.2 Å². The fourth-order valence-electron chi connectivity index (χ4n) is 4.68. The highest BCUT2D eigenvalue weighted by Crippen LogP contribution is 2.55. The van der Waals surface area contributed by atoms with Gasteiger partial charge >= 0.3 is 0 Å². The van der Waals surface area contributed by atoms with Crippen molar-refractivity contribution < 1.29 is 9.47 Å². The van der Waals surface area contributed by atoms with E-state index in [9.17, 15) is 0 Å². The average molecular weight is 313 g/mol. The number of rotatable bonds is 6. The fraction of sp³-hybridized carbons (Fsp3) is 1.00. The molecule has 6 atom stereocenters. The van der Waals surface area contributed by atoms with Crippen LogP contribution in [0.1, 0.15) is 65.2 Å². The first-order valence-corrected chi connectivity index (χ1v) is 10.1. The molecule has 6 unspecified atom stereocenters. The first-order chi connectivity index (χ1) is 10.3. The average Bonchev–Trinajstić information content (AvgIpc) is 2.84. The topological polar surface area (TPSA) is 18.5 Å². The van der Waals surface area contributed by atoms with Crippen molar-refractivity contribution in [1.29, 1.82) is 0 Å². The highest BCUT2D eigenvalue weighted by atomic mass is 32.2. The highest BCUT2D eigenvalue weighted by molar-refractivity contribution is 8.00. The van der Waals surface area contributed by atoms with Crippen molar-refractivity contribution in [2.24, 2.45) is 11.8 Å². The molecule has 0 radical (unpaired) electrons. The Labute approximate surface area is 134 Å². The summed E-state index contributed by atoms with van der Waals surface area (Å²) >= 11 is 2.29. The number of hydrogen-bond donors (Lipinski definition) is 0. The van der Waals surface area contributed by atoms with E-state index >= 15 is 0 Å². The summed E-state index contributed by atoms with van der Waals surface area (Å²) in [4.78, 5) is 0. The maximum Gasteiger partial charge on any atom is 0.0585 e. The molecular formula is C18H32O2S. The lowest BCUT2D eigenvalue weighted by atomic mass is 9.72. The number of unbranched alkanes of at least 4 members (excludes halogenated alkanes) is 1. The van der Waals surface area contributed by atoms with E-state index in [2.05, 4.69) is 25.6 Å². The zero-order chi connectivity index (χ0) is 14.7. The fourth-order valence-corrected chi connectivity index (χ4v) is 6.86. The summed E-state index contributed by atoms with van der Waals surface area (Å²) in [5, 5.41) is 1.75. The van der Waals surface area contributed by atoms with Gasteiger partial charge in [0.1, 0.15) is 0 Å². The monoisotopic (exact) mass is 312 g/mol. The van der Waals surface area contributed by atoms with Gasteiger partial charge in [0, 0.05) is 23.7 Å². The molecule has 3 aliphatic rings. The van der Waals surface area contributed by atoms with Crippen molar-refractivity contribution in [3.05, 3.63) is 0 Å². The lowest BCUT2D eigenvalue weighted by Crippen LogP contribution is -2.35. The van der Waals surface area contributed by atoms with Gasteiger partial charge in [-0.2, -0.15) is 11.8 Å². The SMILES string of the molecule is CCCCOC1CCC2C(C1)SC1CC(OCC)CCC12. The second-order valence-electron chi connectivity index (χ2n) is 7.09. The van der Waals surface area contributed by atoms with Crippen LogP contribution < -0.4 is 0 Å². The summed E-state index contributed by atoms with van der Waals surface area (Å²) in [7, 11) is 0. The third-order valence-electron chi connectivity index (χ3n) is 5.74. The second-order valence-corrected chi connectivity index (χ2v) is 8.57. The van der Waals surface area contributed by atoms with E-state index in [0.29, 0.717) is 12.2 Å². The van der Waals surface area contributed by atoms with Crippen LogP contribution in [0.15, 0.2) is 0 Å². The van der Waals surface area contributed by atoms with Gasteiger partial charge in [-0.15, -0.1) is 0 Å². The Balaban J connectivity index is 1.50. The lowest BCUT2D eigenvalue weighted by Gasteiger charge is -2.36. The maximum atomic E-state index is 6.11. The minimum absolute atomic E-state index is 0.542. The molecule has 0 bridgehead atoms. The largest absolute Gasteiger partial charge is 0.378 e. The van der Waals surface area contributed by atoms with E-state index < -0.39 is 0 Å². The summed E-state index contributed by atoms with van der Waals surface area (Å²) in [5.41, 5.74) is 0. The Morgan fingerprint density at radius 2 is 1.48 bits per heavy atom. The molecule has 3 heteroatoms. The summed E-state index contributed by atoms with van der Waals surface area (Å²) in [6, 6.07) is 0. The minimum atomic E-state index is 0.542. The van der Waals surface area contributed by atoms with E-state index in [1.54, 1.807) is 0 Å². The van der Waals surface area contributed by atoms with Crippen LogP contribution in [0, 0.1) is 11.8 Å². The van der Waals surface area contributed by atoms with Crippen molar-refractivity contribution in [2.45, 2.75) is 87.9 Å². The number of hydrogen-bond acceptors (Lipinski definition) is 3. The summed E-state index contributed by atoms with van der Waals surface area (Å²) in [6.45, 7) is 6.23. The number of ether oxygens (including phenoxy) is 2. The summed E-state index contributed by atoms with van der Waals surface area (Å²) in [5.74, 6) is 1.96. The van der Waals surface area contributed by atoms with Gasteiger partial charge < -0.3 is 9.47 Å². The Kier molecular flexibility index (Phi) is 5.92. The molecule has 1 aliphatic heterocycles. The molecular weight excluding hydrogens is 280 g/mol. The van der Waals surface area contributed by atoms with Gasteiger partial charge in [-0.1, -0.05) is 13.3 Å². The molecule has 0 aromatic carbocycles. The molecule has 0 aromatic heterocycles. The number of fused-ring (bicyclic) bond motifs is 3. The van der Waals surface area contributed by atoms with Crippen LogP contribution in [0.4, 0.5) is 0 Å². The van der Waals surface area contributed by atoms with Crippen molar-refractivity contribution in [3.8, 4) is 0 Å². The summed E-state index contributed by atoms with van der Waals surface area (Å²) < 4.78 is 12.0. The van der Waals surface area contributed by atoms with E-state index in [-0.39, 0.29) is 0 Å². The lowest BCUT2D eigenvalue weighted by molar-refractivity contribution is 0.00144. The van der Waals surface area contributed by atoms with E-state index in [1.807, 2.05) is 0 Å². The Hall–Kier alpha value is 0.270. The van der Waals surface area contributed by atoms with Gasteiger partial charge in [0.15, 0.2) is 0 Å². The molecule has 1 saturated heterocycles. The van der Waals surface area contributed by atoms with Crippen molar-refractivity contribution >= 4 is 11.8 Å². The van der Waals surface area contributed by atoms with Gasteiger partial charge in [0.25, 0.3) is 0 Å². The second kappa shape index (κ2) is 7.70. The van der Waals surface area contributed by atoms with Crippen LogP contribution in [-0.4, -0.2) is 35.9 Å². The zero-order valence-electron chi connectivity index (χ0n) is 13.8. The summed E-state index contributed by atoms with van der Waals surface area (Å²) in [6.07, 6.45) is 11.6. The Morgan fingerprint density at radius 1 is 0.857 bits per heavy atom. The molecule has 0 amide bonds. The zero-order valence-corrected chi connectivity index (χ0v) is 14.6. The van der Waals surface area contributed by atoms with Gasteiger partial charge in [0.2, 0.25) is 0 Å². The standard InChI is InChI=1S/C18H32O2S/c1-3-5-10-20-14-7-9-16-15-8-6-13(19-4-2)11-17(15)21-18(16)12-14/h13-18H,3-12H2,1-2H3. The van der Waals surface area contributed by atoms with Crippen LogP contribution in [-0.2, 0) is 9.47 Å². The van der Waals surface area contributed by atoms with Gasteiger partial charge in [-0.25, -0.2) is 0 Å². The first kappa shape index (κ1) is 16.1. The van der Waals surface area contributed by atoms with Crippen LogP contribution in [0.25, 0.3) is 0 Å². The molecule has 1 heterocycles. The van der Waals surface area contributed by atoms with Gasteiger partial charge in [-0.3, -0.25) is 0 Å². The molecule has 2 nitrogen and oxygen atoms in total. The number of thioether (sulfide) groups is 1. The minimum Gasteiger partial charge on any atom is -0.378 e. The van der Waals surface area contributed by atoms with Crippen LogP contribution in [0.3, 0.4) is 0 Å². The normalized spacial score (nSPS) is 42.6. The van der Waals surface area contributed by atoms with E-state index in [4.69, 9.17) is 9.47 Å². The molecule has 0 aromatic rings. The third kappa shape index (κ3) is 3.79. The Bertz CT molecular complexity index is 322. The molecule has 21 heavy (non-hydrogen) atoms. The Morgan fingerprint density at radius 3 is 2.05 bits per heavy atom. The predicted molar refractivity (Wildman–Crippen MR) is 89.9 cm³/mol. The molecule has 2 aliphatic carbocycles. The van der Waals surface area contributed by atoms with E-state index in [1.165, 1.54) is 51.4 Å². The molecule has 0 N–H and O–H groups in total. The first-order valence-electron chi connectivity index (χ1n) is 9.20. The molecule has 3 fully saturated rings. The maximum absolute atomic E-state index is 6.11. The highest BCUT2D eigenvalue weighted by Gasteiger charge is 2.48. The van der Waals surface area contributed by atoms with Gasteiger partial charge in [-0.05, 0) is 63.7 Å². The molecule has 2 saturated carbocycles. The van der Waals surface area contributed by atoms with Crippen LogP contribution in [0.2, 0.25) is 0 Å². The van der Waals surface area contributed by atoms with Gasteiger partial charge in [0.05, 0.1) is 12.2 Å².